The molecule has 0 saturated heterocycles. The van der Waals surface area contributed by atoms with Gasteiger partial charge in [0.05, 0.1) is 17.8 Å². The lowest BCUT2D eigenvalue weighted by Crippen LogP contribution is -2.31. The monoisotopic (exact) mass is 362 g/mol. The van der Waals surface area contributed by atoms with Gasteiger partial charge in [-0.2, -0.15) is 5.26 Å². The van der Waals surface area contributed by atoms with E-state index in [9.17, 15) is 10.1 Å². The van der Waals surface area contributed by atoms with Crippen molar-refractivity contribution < 1.29 is 9.53 Å². The summed E-state index contributed by atoms with van der Waals surface area (Å²) in [6.45, 7) is 6.81. The van der Waals surface area contributed by atoms with Gasteiger partial charge in [-0.1, -0.05) is 45.4 Å². The summed E-state index contributed by atoms with van der Waals surface area (Å²) in [5.74, 6) is 0.0174. The molecule has 0 atom stereocenters. The minimum atomic E-state index is -0.251. The van der Waals surface area contributed by atoms with Crippen molar-refractivity contribution >= 4 is 22.2 Å². The molecule has 1 aliphatic rings. The molecule has 1 N–H and O–H groups in total. The summed E-state index contributed by atoms with van der Waals surface area (Å²) in [7, 11) is 0. The number of hydrogen-bond donors (Lipinski definition) is 1. The van der Waals surface area contributed by atoms with Gasteiger partial charge in [-0.15, -0.1) is 11.3 Å². The third-order valence-electron chi connectivity index (χ3n) is 4.66. The van der Waals surface area contributed by atoms with Crippen LogP contribution in [0.15, 0.2) is 0 Å². The maximum absolute atomic E-state index is 12.2. The Morgan fingerprint density at radius 2 is 1.92 bits per heavy atom. The van der Waals surface area contributed by atoms with E-state index in [-0.39, 0.29) is 11.5 Å². The molecule has 4 nitrogen and oxygen atoms in total. The number of ether oxygens (including phenoxy) is 1. The minimum Gasteiger partial charge on any atom is -0.370 e. The fraction of sp³-hybridized carbons (Fsp3) is 0.700. The Morgan fingerprint density at radius 1 is 1.24 bits per heavy atom. The average Bonchev–Trinajstić information content (AvgIpc) is 2.89. The average molecular weight is 363 g/mol. The normalized spacial score (nSPS) is 15.4. The highest BCUT2D eigenvalue weighted by molar-refractivity contribution is 7.16. The first kappa shape index (κ1) is 19.9. The number of rotatable bonds is 9. The van der Waals surface area contributed by atoms with Gasteiger partial charge in [-0.3, -0.25) is 4.79 Å². The summed E-state index contributed by atoms with van der Waals surface area (Å²) in [5, 5.41) is 13.2. The Morgan fingerprint density at radius 3 is 2.60 bits per heavy atom. The lowest BCUT2D eigenvalue weighted by atomic mass is 9.93. The van der Waals surface area contributed by atoms with Crippen molar-refractivity contribution in [3.8, 4) is 6.07 Å². The first-order valence-corrected chi connectivity index (χ1v) is 10.3. The molecule has 25 heavy (non-hydrogen) atoms. The fourth-order valence-corrected chi connectivity index (χ4v) is 4.29. The van der Waals surface area contributed by atoms with Gasteiger partial charge in [-0.25, -0.2) is 0 Å². The van der Waals surface area contributed by atoms with Gasteiger partial charge >= 0.3 is 0 Å². The van der Waals surface area contributed by atoms with E-state index in [0.29, 0.717) is 23.6 Å². The highest BCUT2D eigenvalue weighted by Gasteiger charge is 2.31. The molecule has 5 heteroatoms. The van der Waals surface area contributed by atoms with Crippen LogP contribution in [-0.4, -0.2) is 11.5 Å². The molecule has 1 aromatic heterocycles. The molecule has 0 radical (unpaired) electrons. The predicted molar refractivity (Wildman–Crippen MR) is 103 cm³/mol. The SMILES string of the molecule is CCCCCCCCCC(=O)Nc1sc2c(c1C#N)CC(C)(C)OC2. The Balaban J connectivity index is 1.83. The largest absolute Gasteiger partial charge is 0.370 e. The van der Waals surface area contributed by atoms with Crippen LogP contribution < -0.4 is 5.32 Å². The van der Waals surface area contributed by atoms with Crippen LogP contribution in [0.2, 0.25) is 0 Å². The second-order valence-electron chi connectivity index (χ2n) is 7.46. The smallest absolute Gasteiger partial charge is 0.225 e. The zero-order chi connectivity index (χ0) is 18.3. The van der Waals surface area contributed by atoms with E-state index in [1.165, 1.54) is 43.4 Å². The quantitative estimate of drug-likeness (QED) is 0.586. The molecule has 0 fully saturated rings. The molecule has 0 aliphatic carbocycles. The van der Waals surface area contributed by atoms with E-state index in [1.54, 1.807) is 0 Å². The van der Waals surface area contributed by atoms with Crippen LogP contribution in [0.4, 0.5) is 5.00 Å². The highest BCUT2D eigenvalue weighted by atomic mass is 32.1. The van der Waals surface area contributed by atoms with Crippen molar-refractivity contribution in [1.29, 1.82) is 5.26 Å². The number of carbonyl (C=O) groups excluding carboxylic acids is 1. The highest BCUT2D eigenvalue weighted by Crippen LogP contribution is 2.40. The molecule has 138 valence electrons. The molecule has 1 aromatic rings. The molecule has 2 rings (SSSR count). The molecular formula is C20H30N2O2S. The standard InChI is InChI=1S/C20H30N2O2S/c1-4-5-6-7-8-9-10-11-18(23)22-19-16(13-21)15-12-20(2,3)24-14-17(15)25-19/h4-12,14H2,1-3H3,(H,22,23). The predicted octanol–water partition coefficient (Wildman–Crippen LogP) is 5.55. The molecule has 1 amide bonds. The zero-order valence-electron chi connectivity index (χ0n) is 15.7. The number of nitriles is 1. The lowest BCUT2D eigenvalue weighted by molar-refractivity contribution is -0.116. The molecule has 0 unspecified atom stereocenters. The summed E-state index contributed by atoms with van der Waals surface area (Å²) in [6.07, 6.45) is 9.60. The molecule has 0 saturated carbocycles. The van der Waals surface area contributed by atoms with Crippen molar-refractivity contribution in [1.82, 2.24) is 0 Å². The van der Waals surface area contributed by atoms with Crippen LogP contribution in [0.5, 0.6) is 0 Å². The number of nitrogens with zero attached hydrogens (tertiary/aromatic N) is 1. The van der Waals surface area contributed by atoms with Crippen LogP contribution in [-0.2, 0) is 22.6 Å². The van der Waals surface area contributed by atoms with Gasteiger partial charge in [0.15, 0.2) is 0 Å². The van der Waals surface area contributed by atoms with Gasteiger partial charge in [0, 0.05) is 17.7 Å². The second-order valence-corrected chi connectivity index (χ2v) is 8.57. The fourth-order valence-electron chi connectivity index (χ4n) is 3.19. The molecule has 0 bridgehead atoms. The van der Waals surface area contributed by atoms with E-state index in [2.05, 4.69) is 18.3 Å². The van der Waals surface area contributed by atoms with Gasteiger partial charge in [0.2, 0.25) is 5.91 Å². The van der Waals surface area contributed by atoms with Gasteiger partial charge < -0.3 is 10.1 Å². The maximum atomic E-state index is 12.2. The van der Waals surface area contributed by atoms with E-state index in [0.717, 1.165) is 29.7 Å². The Kier molecular flexibility index (Phi) is 7.46. The zero-order valence-corrected chi connectivity index (χ0v) is 16.6. The summed E-state index contributed by atoms with van der Waals surface area (Å²) >= 11 is 1.49. The van der Waals surface area contributed by atoms with Gasteiger partial charge in [-0.05, 0) is 25.8 Å². The van der Waals surface area contributed by atoms with E-state index >= 15 is 0 Å². The summed E-state index contributed by atoms with van der Waals surface area (Å²) in [5.41, 5.74) is 1.43. The number of fused-ring (bicyclic) bond motifs is 1. The van der Waals surface area contributed by atoms with Crippen LogP contribution in [0.1, 0.15) is 88.1 Å². The van der Waals surface area contributed by atoms with Crippen molar-refractivity contribution in [2.24, 2.45) is 0 Å². The molecule has 0 spiro atoms. The molecule has 1 aliphatic heterocycles. The van der Waals surface area contributed by atoms with Gasteiger partial charge in [0.25, 0.3) is 0 Å². The Labute approximate surface area is 155 Å². The number of nitrogens with one attached hydrogen (secondary N) is 1. The van der Waals surface area contributed by atoms with Crippen LogP contribution in [0.25, 0.3) is 0 Å². The van der Waals surface area contributed by atoms with Gasteiger partial charge in [0.1, 0.15) is 11.1 Å². The van der Waals surface area contributed by atoms with Crippen molar-refractivity contribution in [2.45, 2.75) is 90.8 Å². The number of amides is 1. The van der Waals surface area contributed by atoms with Crippen molar-refractivity contribution in [3.05, 3.63) is 16.0 Å². The maximum Gasteiger partial charge on any atom is 0.225 e. The number of carbonyl (C=O) groups is 1. The number of thiophene rings is 1. The lowest BCUT2D eigenvalue weighted by Gasteiger charge is -2.29. The van der Waals surface area contributed by atoms with Crippen LogP contribution in [0.3, 0.4) is 0 Å². The molecule has 2 heterocycles. The summed E-state index contributed by atoms with van der Waals surface area (Å²) in [4.78, 5) is 13.3. The van der Waals surface area contributed by atoms with Crippen LogP contribution in [0, 0.1) is 11.3 Å². The minimum absolute atomic E-state index is 0.0174. The van der Waals surface area contributed by atoms with E-state index in [1.807, 2.05) is 13.8 Å². The third-order valence-corrected chi connectivity index (χ3v) is 5.78. The molecule has 0 aromatic carbocycles. The third kappa shape index (κ3) is 5.83. The number of hydrogen-bond acceptors (Lipinski definition) is 4. The summed E-state index contributed by atoms with van der Waals surface area (Å²) < 4.78 is 5.82. The van der Waals surface area contributed by atoms with E-state index < -0.39 is 0 Å². The van der Waals surface area contributed by atoms with Crippen molar-refractivity contribution in [3.63, 3.8) is 0 Å². The van der Waals surface area contributed by atoms with Crippen LogP contribution >= 0.6 is 11.3 Å². The first-order chi connectivity index (χ1) is 12.0. The van der Waals surface area contributed by atoms with Crippen molar-refractivity contribution in [2.75, 3.05) is 5.32 Å². The summed E-state index contributed by atoms with van der Waals surface area (Å²) in [6, 6.07) is 2.28. The Bertz CT molecular complexity index is 628. The Hall–Kier alpha value is -1.38. The van der Waals surface area contributed by atoms with E-state index in [4.69, 9.17) is 4.74 Å². The topological polar surface area (TPSA) is 62.1 Å². The molecular weight excluding hydrogens is 332 g/mol. The number of anilines is 1. The number of unbranched alkanes of at least 4 members (excludes halogenated alkanes) is 6. The first-order valence-electron chi connectivity index (χ1n) is 9.45. The second kappa shape index (κ2) is 9.35.